The van der Waals surface area contributed by atoms with Crippen molar-refractivity contribution in [3.63, 3.8) is 0 Å². The summed E-state index contributed by atoms with van der Waals surface area (Å²) in [7, 11) is 0. The van der Waals surface area contributed by atoms with Gasteiger partial charge >= 0.3 is 0 Å². The molecule has 0 saturated carbocycles. The van der Waals surface area contributed by atoms with E-state index in [2.05, 4.69) is 10.9 Å². The number of carbonyl (C=O) groups is 3. The molecule has 2 aromatic rings. The number of aryl methyl sites for hydroxylation is 2. The molecule has 154 valence electrons. The minimum absolute atomic E-state index is 0.0836. The molecule has 0 unspecified atom stereocenters. The lowest BCUT2D eigenvalue weighted by Gasteiger charge is -2.20. The Bertz CT molecular complexity index is 924. The van der Waals surface area contributed by atoms with E-state index in [0.717, 1.165) is 16.9 Å². The summed E-state index contributed by atoms with van der Waals surface area (Å²) in [4.78, 5) is 40.6. The minimum Gasteiger partial charge on any atom is -0.492 e. The molecule has 3 amide bonds. The molecule has 29 heavy (non-hydrogen) atoms. The predicted octanol–water partition coefficient (Wildman–Crippen LogP) is 2.83. The van der Waals surface area contributed by atoms with Crippen LogP contribution < -0.4 is 20.5 Å². The second-order valence-corrected chi connectivity index (χ2v) is 7.96. The Hall–Kier alpha value is -2.87. The number of thiophene rings is 1. The maximum Gasteiger partial charge on any atom is 0.279 e. The molecule has 2 N–H and O–H groups in total. The highest BCUT2D eigenvalue weighted by Gasteiger charge is 2.36. The van der Waals surface area contributed by atoms with Crippen molar-refractivity contribution in [2.45, 2.75) is 33.6 Å². The van der Waals surface area contributed by atoms with E-state index in [4.69, 9.17) is 4.74 Å². The van der Waals surface area contributed by atoms with E-state index in [9.17, 15) is 14.4 Å². The number of hydrogen-bond donors (Lipinski definition) is 2. The largest absolute Gasteiger partial charge is 0.492 e. The van der Waals surface area contributed by atoms with Crippen molar-refractivity contribution in [2.75, 3.05) is 18.1 Å². The fraction of sp³-hybridized carbons (Fsp3) is 0.381. The van der Waals surface area contributed by atoms with Crippen LogP contribution in [0.4, 0.5) is 5.69 Å². The number of nitrogens with zero attached hydrogens (tertiary/aromatic N) is 1. The molecule has 1 aliphatic heterocycles. The topological polar surface area (TPSA) is 87.7 Å². The number of para-hydroxylation sites is 2. The number of carbonyl (C=O) groups excluding carboxylic acids is 3. The number of hydrogen-bond acceptors (Lipinski definition) is 5. The van der Waals surface area contributed by atoms with E-state index in [1.54, 1.807) is 17.0 Å². The van der Waals surface area contributed by atoms with Gasteiger partial charge in [-0.3, -0.25) is 25.2 Å². The molecule has 0 bridgehead atoms. The van der Waals surface area contributed by atoms with Gasteiger partial charge in [0.25, 0.3) is 5.91 Å². The van der Waals surface area contributed by atoms with Crippen LogP contribution in [0, 0.1) is 12.8 Å². The van der Waals surface area contributed by atoms with Crippen molar-refractivity contribution in [1.82, 2.24) is 10.9 Å². The van der Waals surface area contributed by atoms with Gasteiger partial charge in [-0.05, 0) is 44.0 Å². The van der Waals surface area contributed by atoms with Crippen molar-refractivity contribution in [1.29, 1.82) is 0 Å². The highest BCUT2D eigenvalue weighted by molar-refractivity contribution is 7.14. The van der Waals surface area contributed by atoms with Crippen molar-refractivity contribution in [3.8, 4) is 5.75 Å². The van der Waals surface area contributed by atoms with Crippen LogP contribution in [0.1, 0.15) is 40.4 Å². The molecule has 0 aliphatic carbocycles. The zero-order valence-corrected chi connectivity index (χ0v) is 17.6. The summed E-state index contributed by atoms with van der Waals surface area (Å²) in [6.07, 6.45) is 0.944. The second kappa shape index (κ2) is 9.09. The van der Waals surface area contributed by atoms with Gasteiger partial charge in [-0.25, -0.2) is 0 Å². The molecule has 1 aliphatic rings. The summed E-state index contributed by atoms with van der Waals surface area (Å²) in [5, 5.41) is 0. The molecule has 1 aromatic carbocycles. The molecule has 1 atom stereocenters. The average Bonchev–Trinajstić information content (AvgIpc) is 3.29. The van der Waals surface area contributed by atoms with Gasteiger partial charge in [-0.1, -0.05) is 19.1 Å². The lowest BCUT2D eigenvalue weighted by atomic mass is 10.1. The number of anilines is 1. The first-order valence-corrected chi connectivity index (χ1v) is 10.5. The van der Waals surface area contributed by atoms with Crippen molar-refractivity contribution in [3.05, 3.63) is 45.6 Å². The van der Waals surface area contributed by atoms with Gasteiger partial charge in [0.15, 0.2) is 0 Å². The Morgan fingerprint density at radius 1 is 1.24 bits per heavy atom. The van der Waals surface area contributed by atoms with Gasteiger partial charge in [-0.2, -0.15) is 0 Å². The van der Waals surface area contributed by atoms with Crippen molar-refractivity contribution in [2.24, 2.45) is 5.92 Å². The van der Waals surface area contributed by atoms with E-state index in [1.807, 2.05) is 39.0 Å². The summed E-state index contributed by atoms with van der Waals surface area (Å²) < 4.78 is 5.59. The van der Waals surface area contributed by atoms with E-state index < -0.39 is 5.92 Å². The Morgan fingerprint density at radius 3 is 2.69 bits per heavy atom. The zero-order valence-electron chi connectivity index (χ0n) is 16.8. The van der Waals surface area contributed by atoms with Crippen LogP contribution in [0.25, 0.3) is 0 Å². The van der Waals surface area contributed by atoms with Crippen LogP contribution in [0.5, 0.6) is 5.75 Å². The molecule has 0 spiro atoms. The van der Waals surface area contributed by atoms with E-state index >= 15 is 0 Å². The lowest BCUT2D eigenvalue weighted by molar-refractivity contribution is -0.126. The van der Waals surface area contributed by atoms with Gasteiger partial charge in [-0.15, -0.1) is 11.3 Å². The third kappa shape index (κ3) is 4.59. The number of benzene rings is 1. The van der Waals surface area contributed by atoms with Crippen LogP contribution in [0.3, 0.4) is 0 Å². The molecule has 1 aromatic heterocycles. The molecule has 1 fully saturated rings. The van der Waals surface area contributed by atoms with Gasteiger partial charge < -0.3 is 9.64 Å². The third-order valence-corrected chi connectivity index (χ3v) is 6.20. The highest BCUT2D eigenvalue weighted by atomic mass is 32.1. The van der Waals surface area contributed by atoms with Crippen LogP contribution in [-0.4, -0.2) is 30.9 Å². The quantitative estimate of drug-likeness (QED) is 0.710. The lowest BCUT2D eigenvalue weighted by Crippen LogP contribution is -2.45. The molecule has 2 heterocycles. The Balaban J connectivity index is 1.61. The van der Waals surface area contributed by atoms with E-state index in [-0.39, 0.29) is 30.7 Å². The molecule has 8 heteroatoms. The van der Waals surface area contributed by atoms with Gasteiger partial charge in [0, 0.05) is 17.8 Å². The summed E-state index contributed by atoms with van der Waals surface area (Å²) in [6, 6.07) is 9.08. The summed E-state index contributed by atoms with van der Waals surface area (Å²) in [5.41, 5.74) is 6.64. The smallest absolute Gasteiger partial charge is 0.279 e. The SMILES string of the molecule is CCOc1ccccc1N1C[C@@H](C(=O)NNC(=O)c2cc(C)c(CC)s2)CC1=O. The summed E-state index contributed by atoms with van der Waals surface area (Å²) in [5.74, 6) is -0.822. The zero-order chi connectivity index (χ0) is 21.0. The van der Waals surface area contributed by atoms with Crippen LogP contribution in [0.15, 0.2) is 30.3 Å². The first-order chi connectivity index (χ1) is 13.9. The molecular weight excluding hydrogens is 390 g/mol. The standard InChI is InChI=1S/C21H25N3O4S/c1-4-17-13(3)10-18(29-17)21(27)23-22-20(26)14-11-19(25)24(12-14)15-8-6-7-9-16(15)28-5-2/h6-10,14H,4-5,11-12H2,1-3H3,(H,22,26)(H,23,27)/t14-/m0/s1. The predicted molar refractivity (Wildman–Crippen MR) is 112 cm³/mol. The molecule has 3 rings (SSSR count). The average molecular weight is 416 g/mol. The maximum atomic E-state index is 12.5. The first kappa shape index (κ1) is 20.9. The highest BCUT2D eigenvalue weighted by Crippen LogP contribution is 2.33. The van der Waals surface area contributed by atoms with Gasteiger partial charge in [0.05, 0.1) is 23.1 Å². The van der Waals surface area contributed by atoms with Crippen LogP contribution >= 0.6 is 11.3 Å². The van der Waals surface area contributed by atoms with Crippen molar-refractivity contribution < 1.29 is 19.1 Å². The fourth-order valence-electron chi connectivity index (χ4n) is 3.34. The molecule has 7 nitrogen and oxygen atoms in total. The van der Waals surface area contributed by atoms with Crippen LogP contribution in [0.2, 0.25) is 0 Å². The summed E-state index contributed by atoms with van der Waals surface area (Å²) in [6.45, 7) is 6.60. The molecule has 1 saturated heterocycles. The van der Waals surface area contributed by atoms with E-state index in [0.29, 0.717) is 22.9 Å². The summed E-state index contributed by atoms with van der Waals surface area (Å²) >= 11 is 1.42. The fourth-order valence-corrected chi connectivity index (χ4v) is 4.35. The Morgan fingerprint density at radius 2 is 2.00 bits per heavy atom. The first-order valence-electron chi connectivity index (χ1n) is 9.66. The maximum absolute atomic E-state index is 12.5. The molecule has 0 radical (unpaired) electrons. The van der Waals surface area contributed by atoms with Gasteiger partial charge in [0.2, 0.25) is 11.8 Å². The van der Waals surface area contributed by atoms with Crippen molar-refractivity contribution >= 4 is 34.7 Å². The number of rotatable bonds is 6. The Kier molecular flexibility index (Phi) is 6.53. The number of ether oxygens (including phenoxy) is 1. The normalized spacial score (nSPS) is 16.0. The molecular formula is C21H25N3O4S. The monoisotopic (exact) mass is 415 g/mol. The van der Waals surface area contributed by atoms with Gasteiger partial charge in [0.1, 0.15) is 5.75 Å². The van der Waals surface area contributed by atoms with Crippen LogP contribution in [-0.2, 0) is 16.0 Å². The Labute approximate surface area is 174 Å². The number of nitrogens with one attached hydrogen (secondary N) is 2. The number of amides is 3. The minimum atomic E-state index is -0.547. The number of hydrazine groups is 1. The van der Waals surface area contributed by atoms with E-state index in [1.165, 1.54) is 11.3 Å². The second-order valence-electron chi connectivity index (χ2n) is 6.82. The third-order valence-electron chi connectivity index (χ3n) is 4.82.